The molecular formula is C23H26N2O3. The van der Waals surface area contributed by atoms with Crippen LogP contribution < -0.4 is 5.32 Å². The molecule has 28 heavy (non-hydrogen) atoms. The molecule has 0 spiro atoms. The summed E-state index contributed by atoms with van der Waals surface area (Å²) in [5.74, 6) is 0.255. The molecule has 1 amide bonds. The van der Waals surface area contributed by atoms with Crippen molar-refractivity contribution in [3.8, 4) is 11.3 Å². The van der Waals surface area contributed by atoms with E-state index in [1.807, 2.05) is 50.2 Å². The number of furan rings is 1. The van der Waals surface area contributed by atoms with Crippen LogP contribution in [0.1, 0.15) is 49.9 Å². The van der Waals surface area contributed by atoms with Crippen molar-refractivity contribution in [1.82, 2.24) is 10.3 Å². The average Bonchev–Trinajstić information content (AvgIpc) is 3.17. The van der Waals surface area contributed by atoms with Crippen molar-refractivity contribution in [3.63, 3.8) is 0 Å². The lowest BCUT2D eigenvalue weighted by Gasteiger charge is -2.36. The van der Waals surface area contributed by atoms with E-state index in [0.29, 0.717) is 11.5 Å². The molecule has 146 valence electrons. The molecule has 0 radical (unpaired) electrons. The van der Waals surface area contributed by atoms with E-state index in [4.69, 9.17) is 4.42 Å². The summed E-state index contributed by atoms with van der Waals surface area (Å²) in [5, 5.41) is 14.3. The minimum absolute atomic E-state index is 0.0484. The van der Waals surface area contributed by atoms with Crippen molar-refractivity contribution in [2.24, 2.45) is 5.92 Å². The van der Waals surface area contributed by atoms with Gasteiger partial charge < -0.3 is 14.8 Å². The van der Waals surface area contributed by atoms with Crippen LogP contribution in [0.5, 0.6) is 0 Å². The van der Waals surface area contributed by atoms with E-state index in [9.17, 15) is 9.90 Å². The third kappa shape index (κ3) is 3.80. The second-order valence-electron chi connectivity index (χ2n) is 8.24. The first kappa shape index (κ1) is 18.7. The van der Waals surface area contributed by atoms with Crippen LogP contribution in [0.25, 0.3) is 22.2 Å². The van der Waals surface area contributed by atoms with E-state index in [-0.39, 0.29) is 11.9 Å². The second-order valence-corrected chi connectivity index (χ2v) is 8.24. The molecule has 2 N–H and O–H groups in total. The molecule has 2 heterocycles. The zero-order valence-corrected chi connectivity index (χ0v) is 16.3. The van der Waals surface area contributed by atoms with Gasteiger partial charge in [-0.2, -0.15) is 0 Å². The Labute approximate surface area is 164 Å². The van der Waals surface area contributed by atoms with Crippen LogP contribution in [0.15, 0.2) is 53.3 Å². The molecule has 0 saturated heterocycles. The second kappa shape index (κ2) is 7.40. The number of nitrogens with zero attached hydrogens (tertiary/aromatic N) is 1. The molecular weight excluding hydrogens is 352 g/mol. The van der Waals surface area contributed by atoms with E-state index in [1.54, 1.807) is 12.5 Å². The quantitative estimate of drug-likeness (QED) is 0.698. The number of aromatic nitrogens is 1. The lowest BCUT2D eigenvalue weighted by molar-refractivity contribution is -0.00257. The summed E-state index contributed by atoms with van der Waals surface area (Å²) in [6, 6.07) is 11.5. The number of hydrogen-bond acceptors (Lipinski definition) is 4. The van der Waals surface area contributed by atoms with Gasteiger partial charge in [0.15, 0.2) is 0 Å². The fraction of sp³-hybridized carbons (Fsp3) is 0.391. The molecule has 1 aliphatic rings. The van der Waals surface area contributed by atoms with Gasteiger partial charge in [-0.3, -0.25) is 9.78 Å². The van der Waals surface area contributed by atoms with Gasteiger partial charge in [-0.1, -0.05) is 12.1 Å². The number of hydrogen-bond donors (Lipinski definition) is 2. The van der Waals surface area contributed by atoms with Gasteiger partial charge >= 0.3 is 0 Å². The Balaban J connectivity index is 1.42. The largest absolute Gasteiger partial charge is 0.464 e. The van der Waals surface area contributed by atoms with Gasteiger partial charge in [0.1, 0.15) is 5.58 Å². The van der Waals surface area contributed by atoms with Gasteiger partial charge in [0.05, 0.1) is 17.6 Å². The Kier molecular flexibility index (Phi) is 4.94. The zero-order valence-electron chi connectivity index (χ0n) is 16.3. The standard InChI is InChI=1S/C23H26N2O3/c1-23(2,27)17-7-9-18(10-8-17)25-22(26)16-5-3-15(4-6-16)21-19-12-14-28-20(19)11-13-24-21/h3-6,11-14,17-18,27H,7-10H2,1-2H3,(H,25,26)/t17-,18-. The van der Waals surface area contributed by atoms with Gasteiger partial charge in [0.2, 0.25) is 0 Å². The molecule has 0 bridgehead atoms. The van der Waals surface area contributed by atoms with Gasteiger partial charge in [0.25, 0.3) is 5.91 Å². The number of aliphatic hydroxyl groups is 1. The topological polar surface area (TPSA) is 75.4 Å². The van der Waals surface area contributed by atoms with Gasteiger partial charge in [-0.25, -0.2) is 0 Å². The van der Waals surface area contributed by atoms with Crippen LogP contribution in [0.3, 0.4) is 0 Å². The zero-order chi connectivity index (χ0) is 19.7. The van der Waals surface area contributed by atoms with Crippen LogP contribution in [0, 0.1) is 5.92 Å². The number of benzene rings is 1. The number of pyridine rings is 1. The number of carbonyl (C=O) groups is 1. The van der Waals surface area contributed by atoms with Crippen molar-refractivity contribution in [1.29, 1.82) is 0 Å². The van der Waals surface area contributed by atoms with E-state index in [2.05, 4.69) is 10.3 Å². The van der Waals surface area contributed by atoms with Crippen molar-refractivity contribution >= 4 is 16.9 Å². The van der Waals surface area contributed by atoms with E-state index >= 15 is 0 Å². The monoisotopic (exact) mass is 378 g/mol. The first-order chi connectivity index (χ1) is 13.4. The molecule has 1 fully saturated rings. The molecule has 1 aromatic carbocycles. The highest BCUT2D eigenvalue weighted by molar-refractivity contribution is 5.96. The number of carbonyl (C=O) groups excluding carboxylic acids is 1. The fourth-order valence-corrected chi connectivity index (χ4v) is 4.12. The first-order valence-electron chi connectivity index (χ1n) is 9.88. The number of amides is 1. The average molecular weight is 378 g/mol. The van der Waals surface area contributed by atoms with Crippen molar-refractivity contribution in [3.05, 3.63) is 54.4 Å². The van der Waals surface area contributed by atoms with Crippen LogP contribution in [-0.2, 0) is 0 Å². The molecule has 4 rings (SSSR count). The SMILES string of the molecule is CC(C)(O)[C@H]1CC[C@H](NC(=O)c2ccc(-c3nccc4occc34)cc2)CC1. The molecule has 5 nitrogen and oxygen atoms in total. The van der Waals surface area contributed by atoms with E-state index < -0.39 is 5.60 Å². The fourth-order valence-electron chi connectivity index (χ4n) is 4.12. The van der Waals surface area contributed by atoms with Crippen molar-refractivity contribution in [2.45, 2.75) is 51.2 Å². The maximum Gasteiger partial charge on any atom is 0.251 e. The highest BCUT2D eigenvalue weighted by Gasteiger charge is 2.31. The molecule has 0 atom stereocenters. The minimum Gasteiger partial charge on any atom is -0.464 e. The van der Waals surface area contributed by atoms with Crippen LogP contribution in [-0.4, -0.2) is 27.6 Å². The third-order valence-electron chi connectivity index (χ3n) is 5.86. The Hall–Kier alpha value is -2.66. The lowest BCUT2D eigenvalue weighted by Crippen LogP contribution is -2.41. The summed E-state index contributed by atoms with van der Waals surface area (Å²) in [7, 11) is 0. The minimum atomic E-state index is -0.642. The predicted molar refractivity (Wildman–Crippen MR) is 109 cm³/mol. The Morgan fingerprint density at radius 3 is 2.50 bits per heavy atom. The molecule has 1 saturated carbocycles. The van der Waals surface area contributed by atoms with E-state index in [0.717, 1.165) is 47.9 Å². The molecule has 2 aromatic heterocycles. The maximum absolute atomic E-state index is 12.6. The molecule has 0 aliphatic heterocycles. The summed E-state index contributed by atoms with van der Waals surface area (Å²) in [6.45, 7) is 3.74. The lowest BCUT2D eigenvalue weighted by atomic mass is 9.77. The summed E-state index contributed by atoms with van der Waals surface area (Å²) in [4.78, 5) is 17.1. The molecule has 3 aromatic rings. The maximum atomic E-state index is 12.6. The smallest absolute Gasteiger partial charge is 0.251 e. The van der Waals surface area contributed by atoms with Crippen LogP contribution >= 0.6 is 0 Å². The molecule has 5 heteroatoms. The van der Waals surface area contributed by atoms with Crippen LogP contribution in [0.4, 0.5) is 0 Å². The van der Waals surface area contributed by atoms with Crippen molar-refractivity contribution < 1.29 is 14.3 Å². The summed E-state index contributed by atoms with van der Waals surface area (Å²) < 4.78 is 5.44. The first-order valence-corrected chi connectivity index (χ1v) is 9.88. The Morgan fingerprint density at radius 1 is 1.11 bits per heavy atom. The molecule has 1 aliphatic carbocycles. The summed E-state index contributed by atoms with van der Waals surface area (Å²) >= 11 is 0. The summed E-state index contributed by atoms with van der Waals surface area (Å²) in [5.41, 5.74) is 2.61. The highest BCUT2D eigenvalue weighted by atomic mass is 16.3. The normalized spacial score (nSPS) is 20.2. The number of nitrogens with one attached hydrogen (secondary N) is 1. The van der Waals surface area contributed by atoms with Gasteiger partial charge in [0, 0.05) is 28.8 Å². The Morgan fingerprint density at radius 2 is 1.82 bits per heavy atom. The van der Waals surface area contributed by atoms with Gasteiger partial charge in [-0.05, 0) is 69.7 Å². The molecule has 0 unspecified atom stereocenters. The summed E-state index contributed by atoms with van der Waals surface area (Å²) in [6.07, 6.45) is 7.08. The highest BCUT2D eigenvalue weighted by Crippen LogP contribution is 2.32. The third-order valence-corrected chi connectivity index (χ3v) is 5.86. The van der Waals surface area contributed by atoms with Gasteiger partial charge in [-0.15, -0.1) is 0 Å². The van der Waals surface area contributed by atoms with Crippen LogP contribution in [0.2, 0.25) is 0 Å². The Bertz CT molecular complexity index is 961. The predicted octanol–water partition coefficient (Wildman–Crippen LogP) is 4.55. The van der Waals surface area contributed by atoms with E-state index in [1.165, 1.54) is 0 Å². The number of fused-ring (bicyclic) bond motifs is 1. The number of rotatable bonds is 4. The van der Waals surface area contributed by atoms with Crippen molar-refractivity contribution in [2.75, 3.05) is 0 Å².